The molecule has 0 unspecified atom stereocenters. The Morgan fingerprint density at radius 3 is 2.23 bits per heavy atom. The summed E-state index contributed by atoms with van der Waals surface area (Å²) >= 11 is 0. The number of ether oxygens (including phenoxy) is 1. The number of piperidine rings is 1. The van der Waals surface area contributed by atoms with Gasteiger partial charge in [-0.3, -0.25) is 0 Å². The van der Waals surface area contributed by atoms with Crippen molar-refractivity contribution in [1.29, 1.82) is 0 Å². The molecule has 2 aromatic carbocycles. The quantitative estimate of drug-likeness (QED) is 0.753. The van der Waals surface area contributed by atoms with Crippen LogP contribution < -0.4 is 4.74 Å². The van der Waals surface area contributed by atoms with Crippen LogP contribution in [0.2, 0.25) is 0 Å². The number of likely N-dealkylation sites (tertiary alicyclic amines) is 1. The Morgan fingerprint density at radius 1 is 0.923 bits per heavy atom. The number of nitrogens with zero attached hydrogens (tertiary/aromatic N) is 1. The van der Waals surface area contributed by atoms with Gasteiger partial charge in [-0.05, 0) is 62.0 Å². The molecule has 0 aromatic heterocycles. The minimum atomic E-state index is -0.970. The molecule has 0 aliphatic carbocycles. The van der Waals surface area contributed by atoms with Crippen LogP contribution in [-0.4, -0.2) is 36.2 Å². The summed E-state index contributed by atoms with van der Waals surface area (Å²) in [6.07, 6.45) is 5.57. The van der Waals surface area contributed by atoms with Crippen LogP contribution in [0.3, 0.4) is 0 Å². The molecule has 1 heterocycles. The minimum Gasteiger partial charge on any atom is -0.494 e. The Labute approximate surface area is 157 Å². The maximum atomic E-state index is 11.7. The molecule has 3 nitrogen and oxygen atoms in total. The lowest BCUT2D eigenvalue weighted by Crippen LogP contribution is -2.36. The Bertz CT molecular complexity index is 650. The van der Waals surface area contributed by atoms with E-state index in [1.807, 2.05) is 54.6 Å². The summed E-state index contributed by atoms with van der Waals surface area (Å²) in [5.41, 5.74) is 0.922. The number of hydrogen-bond acceptors (Lipinski definition) is 3. The molecule has 0 spiro atoms. The molecule has 0 bridgehead atoms. The molecule has 0 amide bonds. The average Bonchev–Trinajstić information content (AvgIpc) is 2.72. The van der Waals surface area contributed by atoms with Gasteiger partial charge in [-0.1, -0.05) is 55.8 Å². The summed E-state index contributed by atoms with van der Waals surface area (Å²) in [7, 11) is 0. The van der Waals surface area contributed by atoms with E-state index in [1.165, 1.54) is 19.3 Å². The van der Waals surface area contributed by atoms with Crippen molar-refractivity contribution in [1.82, 2.24) is 4.90 Å². The topological polar surface area (TPSA) is 32.7 Å². The molecule has 1 saturated heterocycles. The van der Waals surface area contributed by atoms with Crippen LogP contribution in [0.25, 0.3) is 0 Å². The number of hydrogen-bond donors (Lipinski definition) is 1. The average molecular weight is 354 g/mol. The van der Waals surface area contributed by atoms with Crippen molar-refractivity contribution in [3.63, 3.8) is 0 Å². The van der Waals surface area contributed by atoms with Crippen molar-refractivity contribution in [2.75, 3.05) is 26.2 Å². The molecule has 3 heteroatoms. The standard InChI is InChI=1S/C23H31NO2/c1-2-19-26-22-13-11-21(12-14-22)23(25,20-9-5-3-6-10-20)15-18-24-16-7-4-8-17-24/h3,5-6,9-14,25H,2,4,7-8,15-19H2,1H3/t23-/m1/s1. The zero-order valence-corrected chi connectivity index (χ0v) is 15.9. The van der Waals surface area contributed by atoms with Crippen LogP contribution in [0.5, 0.6) is 5.75 Å². The highest BCUT2D eigenvalue weighted by atomic mass is 16.5. The van der Waals surface area contributed by atoms with Crippen molar-refractivity contribution >= 4 is 0 Å². The predicted molar refractivity (Wildman–Crippen MR) is 107 cm³/mol. The van der Waals surface area contributed by atoms with Gasteiger partial charge < -0.3 is 14.7 Å². The smallest absolute Gasteiger partial charge is 0.119 e. The van der Waals surface area contributed by atoms with E-state index in [0.717, 1.165) is 49.5 Å². The first-order valence-electron chi connectivity index (χ1n) is 9.96. The summed E-state index contributed by atoms with van der Waals surface area (Å²) in [5, 5.41) is 11.7. The van der Waals surface area contributed by atoms with E-state index in [9.17, 15) is 5.11 Å². The summed E-state index contributed by atoms with van der Waals surface area (Å²) in [5.74, 6) is 0.863. The van der Waals surface area contributed by atoms with Gasteiger partial charge in [0.15, 0.2) is 0 Å². The third-order valence-electron chi connectivity index (χ3n) is 5.29. The molecule has 3 rings (SSSR count). The van der Waals surface area contributed by atoms with Crippen molar-refractivity contribution in [3.8, 4) is 5.75 Å². The van der Waals surface area contributed by atoms with Gasteiger partial charge >= 0.3 is 0 Å². The van der Waals surface area contributed by atoms with E-state index < -0.39 is 5.60 Å². The second-order valence-electron chi connectivity index (χ2n) is 7.25. The molecule has 1 aliphatic heterocycles. The van der Waals surface area contributed by atoms with Crippen LogP contribution in [0.4, 0.5) is 0 Å². The Balaban J connectivity index is 1.80. The zero-order valence-electron chi connectivity index (χ0n) is 15.9. The van der Waals surface area contributed by atoms with Gasteiger partial charge in [-0.15, -0.1) is 0 Å². The van der Waals surface area contributed by atoms with Crippen LogP contribution in [0, 0.1) is 0 Å². The zero-order chi connectivity index (χ0) is 18.2. The van der Waals surface area contributed by atoms with Gasteiger partial charge in [0.2, 0.25) is 0 Å². The lowest BCUT2D eigenvalue weighted by molar-refractivity contribution is 0.0545. The highest BCUT2D eigenvalue weighted by Crippen LogP contribution is 2.34. The first-order valence-corrected chi connectivity index (χ1v) is 9.96. The van der Waals surface area contributed by atoms with Crippen LogP contribution >= 0.6 is 0 Å². The van der Waals surface area contributed by atoms with Gasteiger partial charge in [-0.2, -0.15) is 0 Å². The van der Waals surface area contributed by atoms with Crippen molar-refractivity contribution in [3.05, 3.63) is 65.7 Å². The van der Waals surface area contributed by atoms with Gasteiger partial charge in [-0.25, -0.2) is 0 Å². The number of aliphatic hydroxyl groups is 1. The Kier molecular flexibility index (Phi) is 6.70. The molecule has 1 aliphatic rings. The van der Waals surface area contributed by atoms with E-state index in [4.69, 9.17) is 4.74 Å². The molecular weight excluding hydrogens is 322 g/mol. The molecule has 26 heavy (non-hydrogen) atoms. The normalized spacial score (nSPS) is 17.6. The van der Waals surface area contributed by atoms with E-state index in [-0.39, 0.29) is 0 Å². The Morgan fingerprint density at radius 2 is 1.58 bits per heavy atom. The van der Waals surface area contributed by atoms with Crippen LogP contribution in [0.1, 0.15) is 50.2 Å². The molecule has 1 atom stereocenters. The molecule has 0 saturated carbocycles. The fraction of sp³-hybridized carbons (Fsp3) is 0.478. The minimum absolute atomic E-state index is 0.701. The van der Waals surface area contributed by atoms with E-state index in [1.54, 1.807) is 0 Å². The highest BCUT2D eigenvalue weighted by molar-refractivity contribution is 5.38. The number of benzene rings is 2. The van der Waals surface area contributed by atoms with Crippen molar-refractivity contribution in [2.45, 2.75) is 44.6 Å². The highest BCUT2D eigenvalue weighted by Gasteiger charge is 2.32. The van der Waals surface area contributed by atoms with E-state index >= 15 is 0 Å². The van der Waals surface area contributed by atoms with E-state index in [2.05, 4.69) is 11.8 Å². The molecule has 1 fully saturated rings. The summed E-state index contributed by atoms with van der Waals surface area (Å²) in [6.45, 7) is 6.03. The lowest BCUT2D eigenvalue weighted by atomic mass is 9.83. The van der Waals surface area contributed by atoms with E-state index in [0.29, 0.717) is 6.42 Å². The van der Waals surface area contributed by atoms with Crippen molar-refractivity contribution in [2.24, 2.45) is 0 Å². The van der Waals surface area contributed by atoms with Gasteiger partial charge in [0, 0.05) is 6.54 Å². The summed E-state index contributed by atoms with van der Waals surface area (Å²) < 4.78 is 5.69. The second kappa shape index (κ2) is 9.20. The first kappa shape index (κ1) is 18.9. The largest absolute Gasteiger partial charge is 0.494 e. The van der Waals surface area contributed by atoms with Crippen molar-refractivity contribution < 1.29 is 9.84 Å². The van der Waals surface area contributed by atoms with Gasteiger partial charge in [0.05, 0.1) is 6.61 Å². The third kappa shape index (κ3) is 4.66. The van der Waals surface area contributed by atoms with Gasteiger partial charge in [0.25, 0.3) is 0 Å². The summed E-state index contributed by atoms with van der Waals surface area (Å²) in [4.78, 5) is 2.48. The monoisotopic (exact) mass is 353 g/mol. The molecule has 0 radical (unpaired) electrons. The first-order chi connectivity index (χ1) is 12.7. The predicted octanol–water partition coefficient (Wildman–Crippen LogP) is 4.59. The Hall–Kier alpha value is -1.84. The molecule has 1 N–H and O–H groups in total. The summed E-state index contributed by atoms with van der Waals surface area (Å²) in [6, 6.07) is 18.0. The SMILES string of the molecule is CCCOc1ccc([C@@](O)(CCN2CCCCC2)c2ccccc2)cc1. The van der Waals surface area contributed by atoms with Gasteiger partial charge in [0.1, 0.15) is 11.4 Å². The van der Waals surface area contributed by atoms with Crippen LogP contribution in [-0.2, 0) is 5.60 Å². The maximum absolute atomic E-state index is 11.7. The fourth-order valence-electron chi connectivity index (χ4n) is 3.72. The lowest BCUT2D eigenvalue weighted by Gasteiger charge is -2.34. The molecule has 140 valence electrons. The fourth-order valence-corrected chi connectivity index (χ4v) is 3.72. The third-order valence-corrected chi connectivity index (χ3v) is 5.29. The molecule has 2 aromatic rings. The van der Waals surface area contributed by atoms with Crippen LogP contribution in [0.15, 0.2) is 54.6 Å². The second-order valence-corrected chi connectivity index (χ2v) is 7.25. The molecular formula is C23H31NO2. The number of rotatable bonds is 8. The maximum Gasteiger partial charge on any atom is 0.119 e.